The van der Waals surface area contributed by atoms with Gasteiger partial charge < -0.3 is 15.4 Å². The fraction of sp³-hybridized carbons (Fsp3) is 0.500. The number of urea groups is 1. The van der Waals surface area contributed by atoms with Crippen molar-refractivity contribution < 1.29 is 19.1 Å². The van der Waals surface area contributed by atoms with E-state index in [9.17, 15) is 14.4 Å². The number of nitrogens with one attached hydrogen (secondary N) is 2. The lowest BCUT2D eigenvalue weighted by molar-refractivity contribution is -0.130. The van der Waals surface area contributed by atoms with Crippen LogP contribution in [-0.4, -0.2) is 49.0 Å². The molecule has 1 aliphatic heterocycles. The van der Waals surface area contributed by atoms with Crippen molar-refractivity contribution in [1.82, 2.24) is 15.5 Å². The molecule has 1 heterocycles. The second-order valence-corrected chi connectivity index (χ2v) is 6.49. The van der Waals surface area contributed by atoms with Crippen LogP contribution in [0.5, 0.6) is 5.75 Å². The maximum atomic E-state index is 12.4. The van der Waals surface area contributed by atoms with E-state index in [1.54, 1.807) is 7.11 Å². The predicted molar refractivity (Wildman–Crippen MR) is 93.2 cm³/mol. The maximum absolute atomic E-state index is 12.4. The molecule has 1 unspecified atom stereocenters. The van der Waals surface area contributed by atoms with Crippen LogP contribution in [0.4, 0.5) is 4.79 Å². The van der Waals surface area contributed by atoms with Crippen LogP contribution in [0.1, 0.15) is 25.8 Å². The van der Waals surface area contributed by atoms with E-state index in [1.165, 1.54) is 4.90 Å². The first-order valence-electron chi connectivity index (χ1n) is 8.42. The first kappa shape index (κ1) is 18.8. The van der Waals surface area contributed by atoms with Gasteiger partial charge in [0, 0.05) is 13.1 Å². The highest BCUT2D eigenvalue weighted by atomic mass is 16.5. The molecule has 1 aromatic rings. The molecule has 25 heavy (non-hydrogen) atoms. The number of hydrogen-bond acceptors (Lipinski definition) is 4. The molecule has 0 aliphatic carbocycles. The Labute approximate surface area is 147 Å². The minimum Gasteiger partial charge on any atom is -0.497 e. The smallest absolute Gasteiger partial charge is 0.324 e. The van der Waals surface area contributed by atoms with Crippen molar-refractivity contribution in [2.45, 2.75) is 32.7 Å². The van der Waals surface area contributed by atoms with Crippen LogP contribution in [-0.2, 0) is 16.0 Å². The van der Waals surface area contributed by atoms with Crippen LogP contribution in [0.25, 0.3) is 0 Å². The highest BCUT2D eigenvalue weighted by Crippen LogP contribution is 2.14. The summed E-state index contributed by atoms with van der Waals surface area (Å²) < 4.78 is 5.10. The highest BCUT2D eigenvalue weighted by molar-refractivity contribution is 6.05. The zero-order chi connectivity index (χ0) is 18.4. The molecule has 4 amide bonds. The number of carbonyl (C=O) groups excluding carboxylic acids is 3. The average Bonchev–Trinajstić information content (AvgIpc) is 2.85. The molecule has 7 heteroatoms. The summed E-state index contributed by atoms with van der Waals surface area (Å²) in [6.45, 7) is 4.81. The average molecular weight is 347 g/mol. The van der Waals surface area contributed by atoms with E-state index >= 15 is 0 Å². The molecule has 0 saturated carbocycles. The van der Waals surface area contributed by atoms with Crippen LogP contribution in [0, 0.1) is 5.92 Å². The summed E-state index contributed by atoms with van der Waals surface area (Å²) in [5, 5.41) is 5.34. The van der Waals surface area contributed by atoms with Gasteiger partial charge in [0.1, 0.15) is 11.8 Å². The fourth-order valence-electron chi connectivity index (χ4n) is 2.54. The second kappa shape index (κ2) is 8.50. The summed E-state index contributed by atoms with van der Waals surface area (Å²) in [6.07, 6.45) is 0.520. The zero-order valence-corrected chi connectivity index (χ0v) is 14.9. The van der Waals surface area contributed by atoms with Gasteiger partial charge in [-0.05, 0) is 30.0 Å². The van der Waals surface area contributed by atoms with Crippen molar-refractivity contribution in [2.75, 3.05) is 20.2 Å². The van der Waals surface area contributed by atoms with Crippen LogP contribution in [0.3, 0.4) is 0 Å². The molecule has 0 spiro atoms. The Morgan fingerprint density at radius 3 is 2.56 bits per heavy atom. The molecule has 0 bridgehead atoms. The van der Waals surface area contributed by atoms with Gasteiger partial charge in [-0.25, -0.2) is 4.79 Å². The quantitative estimate of drug-likeness (QED) is 0.694. The summed E-state index contributed by atoms with van der Waals surface area (Å²) in [7, 11) is 1.60. The van der Waals surface area contributed by atoms with E-state index in [4.69, 9.17) is 4.74 Å². The molecule has 136 valence electrons. The predicted octanol–water partition coefficient (Wildman–Crippen LogP) is 1.32. The molecule has 7 nitrogen and oxygen atoms in total. The summed E-state index contributed by atoms with van der Waals surface area (Å²) >= 11 is 0. The van der Waals surface area contributed by atoms with E-state index in [2.05, 4.69) is 10.6 Å². The van der Waals surface area contributed by atoms with E-state index < -0.39 is 12.1 Å². The Balaban J connectivity index is 1.86. The molecule has 0 radical (unpaired) electrons. The van der Waals surface area contributed by atoms with Crippen molar-refractivity contribution in [3.63, 3.8) is 0 Å². The van der Waals surface area contributed by atoms with Gasteiger partial charge in [0.25, 0.3) is 5.91 Å². The monoisotopic (exact) mass is 347 g/mol. The summed E-state index contributed by atoms with van der Waals surface area (Å²) in [5.41, 5.74) is 1.000. The summed E-state index contributed by atoms with van der Waals surface area (Å²) in [4.78, 5) is 37.4. The third-order valence-electron chi connectivity index (χ3n) is 3.99. The standard InChI is InChI=1S/C18H25N3O4/c1-12(2)11-19-16(22)10-15-17(23)21(18(24)20-15)9-8-13-4-6-14(25-3)7-5-13/h4-7,12,15H,8-11H2,1-3H3,(H,19,22)(H,20,24). The molecular weight excluding hydrogens is 322 g/mol. The molecule has 1 atom stereocenters. The van der Waals surface area contributed by atoms with Crippen LogP contribution in [0.15, 0.2) is 24.3 Å². The molecule has 1 saturated heterocycles. The molecule has 2 N–H and O–H groups in total. The Hall–Kier alpha value is -2.57. The number of benzene rings is 1. The van der Waals surface area contributed by atoms with Crippen molar-refractivity contribution >= 4 is 17.8 Å². The van der Waals surface area contributed by atoms with Gasteiger partial charge in [-0.15, -0.1) is 0 Å². The van der Waals surface area contributed by atoms with E-state index in [0.29, 0.717) is 18.9 Å². The Morgan fingerprint density at radius 1 is 1.28 bits per heavy atom. The SMILES string of the molecule is COc1ccc(CCN2C(=O)NC(CC(=O)NCC(C)C)C2=O)cc1. The number of carbonyl (C=O) groups is 3. The minimum absolute atomic E-state index is 0.0314. The molecule has 0 aromatic heterocycles. The number of rotatable bonds is 8. The van der Waals surface area contributed by atoms with Crippen molar-refractivity contribution in [3.05, 3.63) is 29.8 Å². The summed E-state index contributed by atoms with van der Waals surface area (Å²) in [6, 6.07) is 6.24. The molecule has 1 aromatic carbocycles. The zero-order valence-electron chi connectivity index (χ0n) is 14.9. The lowest BCUT2D eigenvalue weighted by Crippen LogP contribution is -2.37. The Morgan fingerprint density at radius 2 is 1.96 bits per heavy atom. The van der Waals surface area contributed by atoms with Crippen molar-refractivity contribution in [3.8, 4) is 5.75 Å². The van der Waals surface area contributed by atoms with Gasteiger partial charge in [0.2, 0.25) is 5.91 Å². The first-order valence-corrected chi connectivity index (χ1v) is 8.42. The third kappa shape index (κ3) is 5.20. The third-order valence-corrected chi connectivity index (χ3v) is 3.99. The largest absolute Gasteiger partial charge is 0.497 e. The Kier molecular flexibility index (Phi) is 6.38. The number of nitrogens with zero attached hydrogens (tertiary/aromatic N) is 1. The second-order valence-electron chi connectivity index (χ2n) is 6.49. The van der Waals surface area contributed by atoms with Gasteiger partial charge >= 0.3 is 6.03 Å². The normalized spacial score (nSPS) is 17.0. The molecule has 1 aliphatic rings. The number of amides is 4. The number of methoxy groups -OCH3 is 1. The lowest BCUT2D eigenvalue weighted by Gasteiger charge is -2.13. The fourth-order valence-corrected chi connectivity index (χ4v) is 2.54. The molecule has 1 fully saturated rings. The van der Waals surface area contributed by atoms with Crippen molar-refractivity contribution in [1.29, 1.82) is 0 Å². The topological polar surface area (TPSA) is 87.7 Å². The van der Waals surface area contributed by atoms with Gasteiger partial charge in [-0.3, -0.25) is 14.5 Å². The van der Waals surface area contributed by atoms with Crippen LogP contribution < -0.4 is 15.4 Å². The van der Waals surface area contributed by atoms with Crippen molar-refractivity contribution in [2.24, 2.45) is 5.92 Å². The molecular formula is C18H25N3O4. The van der Waals surface area contributed by atoms with Gasteiger partial charge in [0.15, 0.2) is 0 Å². The van der Waals surface area contributed by atoms with E-state index in [-0.39, 0.29) is 24.8 Å². The number of ether oxygens (including phenoxy) is 1. The maximum Gasteiger partial charge on any atom is 0.324 e. The number of hydrogen-bond donors (Lipinski definition) is 2. The van der Waals surface area contributed by atoms with E-state index in [0.717, 1.165) is 11.3 Å². The van der Waals surface area contributed by atoms with E-state index in [1.807, 2.05) is 38.1 Å². The van der Waals surface area contributed by atoms with Gasteiger partial charge in [-0.2, -0.15) is 0 Å². The first-order chi connectivity index (χ1) is 11.9. The highest BCUT2D eigenvalue weighted by Gasteiger charge is 2.38. The van der Waals surface area contributed by atoms with Gasteiger partial charge in [-0.1, -0.05) is 26.0 Å². The van der Waals surface area contributed by atoms with Crippen LogP contribution in [0.2, 0.25) is 0 Å². The Bertz CT molecular complexity index is 628. The van der Waals surface area contributed by atoms with Crippen LogP contribution >= 0.6 is 0 Å². The lowest BCUT2D eigenvalue weighted by atomic mass is 10.1. The summed E-state index contributed by atoms with van der Waals surface area (Å²) in [5.74, 6) is 0.507. The minimum atomic E-state index is -0.782. The van der Waals surface area contributed by atoms with Gasteiger partial charge in [0.05, 0.1) is 13.5 Å². The number of imide groups is 1. The molecule has 2 rings (SSSR count).